The first-order chi connectivity index (χ1) is 10.2. The van der Waals surface area contributed by atoms with Crippen LogP contribution < -0.4 is 10.1 Å². The zero-order valence-electron chi connectivity index (χ0n) is 12.1. The molecule has 0 unspecified atom stereocenters. The molecule has 2 aromatic carbocycles. The predicted octanol–water partition coefficient (Wildman–Crippen LogP) is 3.56. The standard InChI is InChI=1S/C17H20ClNO2/c1-21-17-8-7-13(11-15(17)18)12-19-16(9-10-20)14-5-3-2-4-6-14/h2-8,11,16,19-20H,9-10,12H2,1H3/t16-/m1/s1. The summed E-state index contributed by atoms with van der Waals surface area (Å²) in [5, 5.41) is 13.3. The molecule has 0 aliphatic heterocycles. The van der Waals surface area contributed by atoms with E-state index >= 15 is 0 Å². The van der Waals surface area contributed by atoms with E-state index in [1.807, 2.05) is 36.4 Å². The summed E-state index contributed by atoms with van der Waals surface area (Å²) in [6, 6.07) is 16.0. The molecule has 1 atom stereocenters. The fourth-order valence-corrected chi connectivity index (χ4v) is 2.54. The van der Waals surface area contributed by atoms with Crippen molar-refractivity contribution in [1.29, 1.82) is 0 Å². The number of rotatable bonds is 7. The number of nitrogens with one attached hydrogen (secondary N) is 1. The van der Waals surface area contributed by atoms with Crippen molar-refractivity contribution in [2.24, 2.45) is 0 Å². The zero-order chi connectivity index (χ0) is 15.1. The fraction of sp³-hybridized carbons (Fsp3) is 0.294. The highest BCUT2D eigenvalue weighted by Crippen LogP contribution is 2.25. The molecule has 4 heteroatoms. The summed E-state index contributed by atoms with van der Waals surface area (Å²) in [7, 11) is 1.60. The Hall–Kier alpha value is -1.55. The van der Waals surface area contributed by atoms with Gasteiger partial charge >= 0.3 is 0 Å². The molecule has 0 saturated carbocycles. The maximum atomic E-state index is 9.23. The lowest BCUT2D eigenvalue weighted by Crippen LogP contribution is -2.22. The molecule has 0 heterocycles. The Balaban J connectivity index is 2.03. The average molecular weight is 306 g/mol. The molecule has 0 spiro atoms. The highest BCUT2D eigenvalue weighted by molar-refractivity contribution is 6.32. The summed E-state index contributed by atoms with van der Waals surface area (Å²) >= 11 is 6.13. The van der Waals surface area contributed by atoms with E-state index in [0.29, 0.717) is 23.7 Å². The number of aliphatic hydroxyl groups excluding tert-OH is 1. The molecular weight excluding hydrogens is 286 g/mol. The molecule has 112 valence electrons. The maximum Gasteiger partial charge on any atom is 0.137 e. The Labute approximate surface area is 130 Å². The minimum atomic E-state index is 0.122. The number of hydrogen-bond acceptors (Lipinski definition) is 3. The fourth-order valence-electron chi connectivity index (χ4n) is 2.26. The lowest BCUT2D eigenvalue weighted by atomic mass is 10.0. The van der Waals surface area contributed by atoms with Gasteiger partial charge in [-0.3, -0.25) is 0 Å². The first-order valence-corrected chi connectivity index (χ1v) is 7.34. The van der Waals surface area contributed by atoms with Crippen LogP contribution in [-0.2, 0) is 6.54 Å². The Bertz CT molecular complexity index is 560. The molecule has 0 fully saturated rings. The zero-order valence-corrected chi connectivity index (χ0v) is 12.8. The Kier molecular flexibility index (Phi) is 6.05. The Morgan fingerprint density at radius 2 is 1.95 bits per heavy atom. The topological polar surface area (TPSA) is 41.5 Å². The van der Waals surface area contributed by atoms with Gasteiger partial charge in [0.25, 0.3) is 0 Å². The van der Waals surface area contributed by atoms with E-state index in [1.165, 1.54) is 5.56 Å². The number of halogens is 1. The lowest BCUT2D eigenvalue weighted by Gasteiger charge is -2.18. The highest BCUT2D eigenvalue weighted by Gasteiger charge is 2.10. The van der Waals surface area contributed by atoms with E-state index in [1.54, 1.807) is 7.11 Å². The number of methoxy groups -OCH3 is 1. The number of benzene rings is 2. The van der Waals surface area contributed by atoms with Crippen LogP contribution in [0.5, 0.6) is 5.75 Å². The van der Waals surface area contributed by atoms with E-state index in [2.05, 4.69) is 17.4 Å². The van der Waals surface area contributed by atoms with Gasteiger partial charge in [-0.1, -0.05) is 48.0 Å². The van der Waals surface area contributed by atoms with Gasteiger partial charge in [0.15, 0.2) is 0 Å². The van der Waals surface area contributed by atoms with Crippen LogP contribution in [-0.4, -0.2) is 18.8 Å². The van der Waals surface area contributed by atoms with Crippen LogP contribution in [0.25, 0.3) is 0 Å². The normalized spacial score (nSPS) is 12.1. The Morgan fingerprint density at radius 3 is 2.57 bits per heavy atom. The molecule has 0 saturated heterocycles. The van der Waals surface area contributed by atoms with Crippen molar-refractivity contribution in [3.05, 3.63) is 64.7 Å². The predicted molar refractivity (Wildman–Crippen MR) is 85.7 cm³/mol. The summed E-state index contributed by atoms with van der Waals surface area (Å²) in [6.45, 7) is 0.833. The summed E-state index contributed by atoms with van der Waals surface area (Å²) in [4.78, 5) is 0. The molecule has 0 aliphatic rings. The molecule has 2 rings (SSSR count). The third-order valence-electron chi connectivity index (χ3n) is 3.39. The Morgan fingerprint density at radius 1 is 1.19 bits per heavy atom. The molecule has 2 N–H and O–H groups in total. The second-order valence-corrected chi connectivity index (χ2v) is 5.23. The third-order valence-corrected chi connectivity index (χ3v) is 3.68. The van der Waals surface area contributed by atoms with Gasteiger partial charge in [0, 0.05) is 19.2 Å². The van der Waals surface area contributed by atoms with Crippen LogP contribution >= 0.6 is 11.6 Å². The summed E-state index contributed by atoms with van der Waals surface area (Å²) in [5.74, 6) is 0.676. The summed E-state index contributed by atoms with van der Waals surface area (Å²) in [5.41, 5.74) is 2.26. The van der Waals surface area contributed by atoms with Gasteiger partial charge in [-0.15, -0.1) is 0 Å². The van der Waals surface area contributed by atoms with Gasteiger partial charge < -0.3 is 15.2 Å². The van der Waals surface area contributed by atoms with E-state index < -0.39 is 0 Å². The van der Waals surface area contributed by atoms with Crippen molar-refractivity contribution in [3.63, 3.8) is 0 Å². The monoisotopic (exact) mass is 305 g/mol. The van der Waals surface area contributed by atoms with Crippen LogP contribution in [0, 0.1) is 0 Å². The molecule has 0 aromatic heterocycles. The molecule has 0 amide bonds. The molecule has 21 heavy (non-hydrogen) atoms. The molecule has 3 nitrogen and oxygen atoms in total. The SMILES string of the molecule is COc1ccc(CN[C@H](CCO)c2ccccc2)cc1Cl. The van der Waals surface area contributed by atoms with Crippen molar-refractivity contribution < 1.29 is 9.84 Å². The lowest BCUT2D eigenvalue weighted by molar-refractivity contribution is 0.265. The van der Waals surface area contributed by atoms with Crippen molar-refractivity contribution in [2.45, 2.75) is 19.0 Å². The quantitative estimate of drug-likeness (QED) is 0.822. The smallest absolute Gasteiger partial charge is 0.137 e. The summed E-state index contributed by atoms with van der Waals surface area (Å²) < 4.78 is 5.15. The highest BCUT2D eigenvalue weighted by atomic mass is 35.5. The second-order valence-electron chi connectivity index (χ2n) is 4.83. The number of hydrogen-bond donors (Lipinski definition) is 2. The van der Waals surface area contributed by atoms with Crippen molar-refractivity contribution in [1.82, 2.24) is 5.32 Å². The van der Waals surface area contributed by atoms with Crippen molar-refractivity contribution in [2.75, 3.05) is 13.7 Å². The molecule has 0 aliphatic carbocycles. The molecular formula is C17H20ClNO2. The van der Waals surface area contributed by atoms with Gasteiger partial charge in [0.1, 0.15) is 5.75 Å². The maximum absolute atomic E-state index is 9.23. The second kappa shape index (κ2) is 8.03. The van der Waals surface area contributed by atoms with Crippen molar-refractivity contribution in [3.8, 4) is 5.75 Å². The van der Waals surface area contributed by atoms with E-state index in [4.69, 9.17) is 16.3 Å². The van der Waals surface area contributed by atoms with Crippen molar-refractivity contribution >= 4 is 11.6 Å². The van der Waals surface area contributed by atoms with Gasteiger partial charge in [0.05, 0.1) is 12.1 Å². The van der Waals surface area contributed by atoms with E-state index in [9.17, 15) is 5.11 Å². The van der Waals surface area contributed by atoms with Crippen LogP contribution in [0.1, 0.15) is 23.6 Å². The minimum Gasteiger partial charge on any atom is -0.495 e. The van der Waals surface area contributed by atoms with E-state index in [0.717, 1.165) is 5.56 Å². The first-order valence-electron chi connectivity index (χ1n) is 6.96. The molecule has 2 aromatic rings. The molecule has 0 bridgehead atoms. The average Bonchev–Trinajstić information content (AvgIpc) is 2.52. The van der Waals surface area contributed by atoms with Gasteiger partial charge in [-0.05, 0) is 29.7 Å². The van der Waals surface area contributed by atoms with E-state index in [-0.39, 0.29) is 12.6 Å². The van der Waals surface area contributed by atoms with Crippen LogP contribution in [0.3, 0.4) is 0 Å². The van der Waals surface area contributed by atoms with Crippen LogP contribution in [0.15, 0.2) is 48.5 Å². The summed E-state index contributed by atoms with van der Waals surface area (Å²) in [6.07, 6.45) is 0.675. The third kappa shape index (κ3) is 4.46. The van der Waals surface area contributed by atoms with Gasteiger partial charge in [-0.2, -0.15) is 0 Å². The van der Waals surface area contributed by atoms with Gasteiger partial charge in [0.2, 0.25) is 0 Å². The van der Waals surface area contributed by atoms with Crippen LogP contribution in [0.4, 0.5) is 0 Å². The minimum absolute atomic E-state index is 0.122. The largest absolute Gasteiger partial charge is 0.495 e. The van der Waals surface area contributed by atoms with Crippen LogP contribution in [0.2, 0.25) is 5.02 Å². The van der Waals surface area contributed by atoms with Gasteiger partial charge in [-0.25, -0.2) is 0 Å². The number of aliphatic hydroxyl groups is 1. The first kappa shape index (κ1) is 15.8. The molecule has 0 radical (unpaired) electrons. The number of ether oxygens (including phenoxy) is 1.